The van der Waals surface area contributed by atoms with Crippen molar-refractivity contribution in [2.45, 2.75) is 58.0 Å². The zero-order valence-electron chi connectivity index (χ0n) is 14.0. The molecule has 1 aliphatic carbocycles. The number of benzene rings is 1. The Bertz CT molecular complexity index is 386. The summed E-state index contributed by atoms with van der Waals surface area (Å²) in [6.07, 6.45) is 6.68. The first kappa shape index (κ1) is 16.5. The maximum atomic E-state index is 3.79. The Morgan fingerprint density at radius 2 is 1.90 bits per heavy atom. The minimum atomic E-state index is 0.446. The predicted molar refractivity (Wildman–Crippen MR) is 91.5 cm³/mol. The number of hydrogen-bond donors (Lipinski definition) is 1. The van der Waals surface area contributed by atoms with Crippen molar-refractivity contribution in [2.75, 3.05) is 20.1 Å². The molecule has 1 aliphatic rings. The van der Waals surface area contributed by atoms with E-state index >= 15 is 0 Å². The topological polar surface area (TPSA) is 15.3 Å². The molecule has 0 aromatic heterocycles. The highest BCUT2D eigenvalue weighted by Crippen LogP contribution is 2.30. The SMILES string of the molecule is CCCNC(c1ccccc1)C(CC)N(C)CC1CCC1. The summed E-state index contributed by atoms with van der Waals surface area (Å²) in [5, 5.41) is 3.79. The second-order valence-corrected chi connectivity index (χ2v) is 6.55. The van der Waals surface area contributed by atoms with Crippen molar-refractivity contribution < 1.29 is 0 Å². The van der Waals surface area contributed by atoms with E-state index in [0.29, 0.717) is 12.1 Å². The van der Waals surface area contributed by atoms with Gasteiger partial charge < -0.3 is 10.2 Å². The highest BCUT2D eigenvalue weighted by molar-refractivity contribution is 5.20. The largest absolute Gasteiger partial charge is 0.309 e. The molecule has 1 aromatic carbocycles. The van der Waals surface area contributed by atoms with Crippen LogP contribution in [0, 0.1) is 5.92 Å². The number of hydrogen-bond acceptors (Lipinski definition) is 2. The normalized spacial score (nSPS) is 18.5. The lowest BCUT2D eigenvalue weighted by Crippen LogP contribution is -2.45. The number of nitrogens with one attached hydrogen (secondary N) is 1. The van der Waals surface area contributed by atoms with Crippen LogP contribution in [-0.4, -0.2) is 31.1 Å². The van der Waals surface area contributed by atoms with E-state index in [4.69, 9.17) is 0 Å². The van der Waals surface area contributed by atoms with Gasteiger partial charge in [0, 0.05) is 18.6 Å². The number of nitrogens with zero attached hydrogens (tertiary/aromatic N) is 1. The lowest BCUT2D eigenvalue weighted by atomic mass is 9.84. The van der Waals surface area contributed by atoms with Crippen LogP contribution in [-0.2, 0) is 0 Å². The van der Waals surface area contributed by atoms with Gasteiger partial charge in [0.2, 0.25) is 0 Å². The molecule has 2 heteroatoms. The average Bonchev–Trinajstić information content (AvgIpc) is 2.48. The van der Waals surface area contributed by atoms with Gasteiger partial charge >= 0.3 is 0 Å². The van der Waals surface area contributed by atoms with E-state index in [9.17, 15) is 0 Å². The van der Waals surface area contributed by atoms with Crippen LogP contribution in [0.15, 0.2) is 30.3 Å². The van der Waals surface area contributed by atoms with Gasteiger partial charge in [-0.25, -0.2) is 0 Å². The van der Waals surface area contributed by atoms with Crippen LogP contribution in [0.2, 0.25) is 0 Å². The van der Waals surface area contributed by atoms with Gasteiger partial charge in [-0.2, -0.15) is 0 Å². The van der Waals surface area contributed by atoms with Crippen molar-refractivity contribution in [1.82, 2.24) is 10.2 Å². The summed E-state index contributed by atoms with van der Waals surface area (Å²) >= 11 is 0. The molecular weight excluding hydrogens is 256 g/mol. The van der Waals surface area contributed by atoms with Crippen molar-refractivity contribution in [2.24, 2.45) is 5.92 Å². The molecule has 2 rings (SSSR count). The van der Waals surface area contributed by atoms with Gasteiger partial charge in [-0.05, 0) is 50.8 Å². The van der Waals surface area contributed by atoms with Gasteiger partial charge in [0.1, 0.15) is 0 Å². The van der Waals surface area contributed by atoms with Crippen molar-refractivity contribution in [3.8, 4) is 0 Å². The van der Waals surface area contributed by atoms with Gasteiger partial charge in [-0.3, -0.25) is 0 Å². The zero-order valence-corrected chi connectivity index (χ0v) is 14.0. The molecule has 2 unspecified atom stereocenters. The minimum absolute atomic E-state index is 0.446. The summed E-state index contributed by atoms with van der Waals surface area (Å²) in [6, 6.07) is 12.0. The fraction of sp³-hybridized carbons (Fsp3) is 0.684. The summed E-state index contributed by atoms with van der Waals surface area (Å²) in [4.78, 5) is 2.60. The van der Waals surface area contributed by atoms with E-state index in [-0.39, 0.29) is 0 Å². The fourth-order valence-corrected chi connectivity index (χ4v) is 3.46. The van der Waals surface area contributed by atoms with Crippen molar-refractivity contribution in [3.05, 3.63) is 35.9 Å². The zero-order chi connectivity index (χ0) is 15.1. The third-order valence-corrected chi connectivity index (χ3v) is 4.91. The molecule has 0 bridgehead atoms. The molecule has 0 aliphatic heterocycles. The standard InChI is InChI=1S/C19H32N2/c1-4-14-20-19(17-12-7-6-8-13-17)18(5-2)21(3)15-16-10-9-11-16/h6-8,12-13,16,18-20H,4-5,9-11,14-15H2,1-3H3. The average molecular weight is 288 g/mol. The molecule has 1 fully saturated rings. The molecule has 0 saturated heterocycles. The Morgan fingerprint density at radius 3 is 2.43 bits per heavy atom. The minimum Gasteiger partial charge on any atom is -0.309 e. The van der Waals surface area contributed by atoms with Crippen LogP contribution in [0.3, 0.4) is 0 Å². The van der Waals surface area contributed by atoms with Crippen molar-refractivity contribution in [3.63, 3.8) is 0 Å². The summed E-state index contributed by atoms with van der Waals surface area (Å²) in [7, 11) is 2.32. The third-order valence-electron chi connectivity index (χ3n) is 4.91. The molecule has 1 saturated carbocycles. The van der Waals surface area contributed by atoms with E-state index in [2.05, 4.69) is 61.4 Å². The highest BCUT2D eigenvalue weighted by Gasteiger charge is 2.28. The molecule has 2 nitrogen and oxygen atoms in total. The summed E-state index contributed by atoms with van der Waals surface area (Å²) in [5.74, 6) is 0.937. The second kappa shape index (κ2) is 8.55. The summed E-state index contributed by atoms with van der Waals surface area (Å²) in [6.45, 7) is 6.92. The van der Waals surface area contributed by atoms with E-state index in [1.807, 2.05) is 0 Å². The number of rotatable bonds is 9. The molecule has 1 aromatic rings. The Labute approximate surface area is 130 Å². The lowest BCUT2D eigenvalue weighted by molar-refractivity contribution is 0.132. The first-order chi connectivity index (χ1) is 10.3. The molecule has 2 atom stereocenters. The monoisotopic (exact) mass is 288 g/mol. The summed E-state index contributed by atoms with van der Waals surface area (Å²) < 4.78 is 0. The Morgan fingerprint density at radius 1 is 1.19 bits per heavy atom. The maximum absolute atomic E-state index is 3.79. The first-order valence-corrected chi connectivity index (χ1v) is 8.74. The molecule has 0 heterocycles. The Hall–Kier alpha value is -0.860. The van der Waals surface area contributed by atoms with Gasteiger partial charge in [0.25, 0.3) is 0 Å². The predicted octanol–water partition coefficient (Wildman–Crippen LogP) is 4.24. The fourth-order valence-electron chi connectivity index (χ4n) is 3.46. The van der Waals surface area contributed by atoms with E-state index < -0.39 is 0 Å². The van der Waals surface area contributed by atoms with Gasteiger partial charge in [-0.1, -0.05) is 50.6 Å². The molecule has 1 N–H and O–H groups in total. The van der Waals surface area contributed by atoms with E-state index in [1.165, 1.54) is 44.2 Å². The smallest absolute Gasteiger partial charge is 0.0477 e. The molecule has 118 valence electrons. The third kappa shape index (κ3) is 4.55. The van der Waals surface area contributed by atoms with E-state index in [0.717, 1.165) is 12.5 Å². The summed E-state index contributed by atoms with van der Waals surface area (Å²) in [5.41, 5.74) is 1.43. The van der Waals surface area contributed by atoms with Crippen LogP contribution >= 0.6 is 0 Å². The van der Waals surface area contributed by atoms with Crippen LogP contribution in [0.25, 0.3) is 0 Å². The van der Waals surface area contributed by atoms with Crippen LogP contribution < -0.4 is 5.32 Å². The first-order valence-electron chi connectivity index (χ1n) is 8.74. The molecular formula is C19H32N2. The molecule has 21 heavy (non-hydrogen) atoms. The Balaban J connectivity index is 2.07. The van der Waals surface area contributed by atoms with Crippen LogP contribution in [0.5, 0.6) is 0 Å². The second-order valence-electron chi connectivity index (χ2n) is 6.55. The molecule has 0 amide bonds. The Kier molecular flexibility index (Phi) is 6.72. The number of likely N-dealkylation sites (N-methyl/N-ethyl adjacent to an activating group) is 1. The van der Waals surface area contributed by atoms with Gasteiger partial charge in [0.05, 0.1) is 0 Å². The molecule has 0 spiro atoms. The van der Waals surface area contributed by atoms with Gasteiger partial charge in [0.15, 0.2) is 0 Å². The van der Waals surface area contributed by atoms with Crippen LogP contribution in [0.4, 0.5) is 0 Å². The molecule has 0 radical (unpaired) electrons. The van der Waals surface area contributed by atoms with Crippen molar-refractivity contribution >= 4 is 0 Å². The van der Waals surface area contributed by atoms with E-state index in [1.54, 1.807) is 0 Å². The lowest BCUT2D eigenvalue weighted by Gasteiger charge is -2.39. The van der Waals surface area contributed by atoms with Crippen molar-refractivity contribution in [1.29, 1.82) is 0 Å². The highest BCUT2D eigenvalue weighted by atomic mass is 15.2. The van der Waals surface area contributed by atoms with Gasteiger partial charge in [-0.15, -0.1) is 0 Å². The maximum Gasteiger partial charge on any atom is 0.0477 e. The quantitative estimate of drug-likeness (QED) is 0.731. The van der Waals surface area contributed by atoms with Crippen LogP contribution in [0.1, 0.15) is 57.6 Å².